The van der Waals surface area contributed by atoms with Gasteiger partial charge in [-0.2, -0.15) is 0 Å². The fourth-order valence-corrected chi connectivity index (χ4v) is 3.35. The van der Waals surface area contributed by atoms with Gasteiger partial charge in [0, 0.05) is 49.7 Å². The Morgan fingerprint density at radius 3 is 2.52 bits per heavy atom. The highest BCUT2D eigenvalue weighted by Gasteiger charge is 2.28. The number of aromatic nitrogens is 3. The fourth-order valence-electron chi connectivity index (χ4n) is 2.66. The Hall–Kier alpha value is -1.89. The first-order valence-electron chi connectivity index (χ1n) is 7.33. The third-order valence-corrected chi connectivity index (χ3v) is 4.82. The molecule has 1 aliphatic heterocycles. The van der Waals surface area contributed by atoms with Gasteiger partial charge in [-0.15, -0.1) is 11.3 Å². The molecule has 1 aliphatic carbocycles. The number of hydrogen-bond donors (Lipinski definition) is 1. The Bertz CT molecular complexity index is 616. The molecule has 2 N–H and O–H groups in total. The third-order valence-electron chi connectivity index (χ3n) is 3.99. The zero-order valence-corrected chi connectivity index (χ0v) is 12.6. The van der Waals surface area contributed by atoms with Crippen molar-refractivity contribution in [1.29, 1.82) is 0 Å². The van der Waals surface area contributed by atoms with Gasteiger partial charge in [-0.05, 0) is 12.8 Å². The number of piperazine rings is 1. The van der Waals surface area contributed by atoms with E-state index in [0.29, 0.717) is 11.7 Å². The topological polar surface area (TPSA) is 71.2 Å². The highest BCUT2D eigenvalue weighted by molar-refractivity contribution is 7.13. The Labute approximate surface area is 127 Å². The Morgan fingerprint density at radius 1 is 1.10 bits per heavy atom. The third kappa shape index (κ3) is 2.65. The average molecular weight is 302 g/mol. The second-order valence-corrected chi connectivity index (χ2v) is 6.45. The molecule has 110 valence electrons. The molecule has 0 unspecified atom stereocenters. The van der Waals surface area contributed by atoms with Crippen molar-refractivity contribution in [1.82, 2.24) is 15.0 Å². The number of nitrogen functional groups attached to an aromatic ring is 1. The van der Waals surface area contributed by atoms with E-state index in [0.717, 1.165) is 43.0 Å². The van der Waals surface area contributed by atoms with Gasteiger partial charge in [0.15, 0.2) is 5.13 Å². The molecule has 0 spiro atoms. The highest BCUT2D eigenvalue weighted by atomic mass is 32.1. The second kappa shape index (κ2) is 5.14. The first-order valence-corrected chi connectivity index (χ1v) is 8.21. The summed E-state index contributed by atoms with van der Waals surface area (Å²) in [5.74, 6) is 3.02. The van der Waals surface area contributed by atoms with Crippen molar-refractivity contribution in [3.05, 3.63) is 23.5 Å². The van der Waals surface area contributed by atoms with Crippen molar-refractivity contribution in [2.45, 2.75) is 18.8 Å². The SMILES string of the molecule is Nc1cc(N2CCN(c3nccs3)CC2)nc(C2CC2)n1. The number of hydrogen-bond acceptors (Lipinski definition) is 7. The molecule has 2 aromatic rings. The lowest BCUT2D eigenvalue weighted by atomic mass is 10.3. The summed E-state index contributed by atoms with van der Waals surface area (Å²) in [6, 6.07) is 1.89. The molecular weight excluding hydrogens is 284 g/mol. The molecule has 2 aliphatic rings. The van der Waals surface area contributed by atoms with E-state index in [1.807, 2.05) is 17.6 Å². The minimum absolute atomic E-state index is 0.531. The zero-order chi connectivity index (χ0) is 14.2. The Balaban J connectivity index is 1.48. The van der Waals surface area contributed by atoms with Crippen LogP contribution in [0.2, 0.25) is 0 Å². The van der Waals surface area contributed by atoms with E-state index in [1.54, 1.807) is 11.3 Å². The van der Waals surface area contributed by atoms with Crippen LogP contribution in [0.25, 0.3) is 0 Å². The summed E-state index contributed by atoms with van der Waals surface area (Å²) in [5, 5.41) is 3.13. The van der Waals surface area contributed by atoms with Crippen LogP contribution < -0.4 is 15.5 Å². The van der Waals surface area contributed by atoms with E-state index >= 15 is 0 Å². The predicted molar refractivity (Wildman–Crippen MR) is 85.0 cm³/mol. The molecular formula is C14H18N6S. The molecule has 4 rings (SSSR count). The van der Waals surface area contributed by atoms with Crippen molar-refractivity contribution in [2.24, 2.45) is 0 Å². The summed E-state index contributed by atoms with van der Waals surface area (Å²) in [6.45, 7) is 3.83. The number of nitrogens with zero attached hydrogens (tertiary/aromatic N) is 5. The summed E-state index contributed by atoms with van der Waals surface area (Å²) in [4.78, 5) is 18.1. The van der Waals surface area contributed by atoms with Gasteiger partial charge in [0.05, 0.1) is 0 Å². The number of anilines is 3. The molecule has 1 saturated carbocycles. The van der Waals surface area contributed by atoms with Crippen molar-refractivity contribution in [3.8, 4) is 0 Å². The van der Waals surface area contributed by atoms with Crippen LogP contribution in [0.5, 0.6) is 0 Å². The van der Waals surface area contributed by atoms with Crippen LogP contribution in [-0.4, -0.2) is 41.1 Å². The molecule has 1 saturated heterocycles. The molecule has 7 heteroatoms. The van der Waals surface area contributed by atoms with Gasteiger partial charge in [0.2, 0.25) is 0 Å². The van der Waals surface area contributed by atoms with Crippen LogP contribution in [0.15, 0.2) is 17.6 Å². The molecule has 2 fully saturated rings. The van der Waals surface area contributed by atoms with Crippen LogP contribution in [0.3, 0.4) is 0 Å². The van der Waals surface area contributed by atoms with E-state index in [-0.39, 0.29) is 0 Å². The average Bonchev–Trinajstić information content (AvgIpc) is 3.22. The fraction of sp³-hybridized carbons (Fsp3) is 0.500. The van der Waals surface area contributed by atoms with Crippen LogP contribution >= 0.6 is 11.3 Å². The van der Waals surface area contributed by atoms with Gasteiger partial charge in [-0.1, -0.05) is 0 Å². The van der Waals surface area contributed by atoms with Gasteiger partial charge in [-0.25, -0.2) is 15.0 Å². The predicted octanol–water partition coefficient (Wildman–Crippen LogP) is 1.72. The van der Waals surface area contributed by atoms with Crippen molar-refractivity contribution >= 4 is 28.1 Å². The van der Waals surface area contributed by atoms with Crippen molar-refractivity contribution in [2.75, 3.05) is 41.7 Å². The first-order chi connectivity index (χ1) is 10.3. The summed E-state index contributed by atoms with van der Waals surface area (Å²) >= 11 is 1.69. The summed E-state index contributed by atoms with van der Waals surface area (Å²) < 4.78 is 0. The number of nitrogens with two attached hydrogens (primary N) is 1. The maximum Gasteiger partial charge on any atom is 0.185 e. The zero-order valence-electron chi connectivity index (χ0n) is 11.8. The monoisotopic (exact) mass is 302 g/mol. The summed E-state index contributed by atoms with van der Waals surface area (Å²) in [5.41, 5.74) is 5.94. The van der Waals surface area contributed by atoms with Crippen LogP contribution in [0.1, 0.15) is 24.6 Å². The molecule has 21 heavy (non-hydrogen) atoms. The van der Waals surface area contributed by atoms with Crippen molar-refractivity contribution in [3.63, 3.8) is 0 Å². The molecule has 0 amide bonds. The van der Waals surface area contributed by atoms with Gasteiger partial charge in [-0.3, -0.25) is 0 Å². The quantitative estimate of drug-likeness (QED) is 0.931. The Kier molecular flexibility index (Phi) is 3.14. The minimum Gasteiger partial charge on any atom is -0.384 e. The molecule has 3 heterocycles. The number of rotatable bonds is 3. The van der Waals surface area contributed by atoms with Gasteiger partial charge >= 0.3 is 0 Å². The number of thiazole rings is 1. The molecule has 0 bridgehead atoms. The van der Waals surface area contributed by atoms with Crippen molar-refractivity contribution < 1.29 is 0 Å². The van der Waals surface area contributed by atoms with Crippen LogP contribution in [-0.2, 0) is 0 Å². The lowest BCUT2D eigenvalue weighted by Crippen LogP contribution is -2.46. The molecule has 0 radical (unpaired) electrons. The largest absolute Gasteiger partial charge is 0.384 e. The standard InChI is InChI=1S/C14H18N6S/c15-11-9-12(18-13(17-11)10-1-2-10)19-4-6-20(7-5-19)14-16-3-8-21-14/h3,8-10H,1-2,4-7H2,(H2,15,17,18). The lowest BCUT2D eigenvalue weighted by molar-refractivity contribution is 0.643. The lowest BCUT2D eigenvalue weighted by Gasteiger charge is -2.35. The molecule has 2 aromatic heterocycles. The van der Waals surface area contributed by atoms with Crippen LogP contribution in [0.4, 0.5) is 16.8 Å². The normalized spacial score (nSPS) is 19.0. The minimum atomic E-state index is 0.531. The van der Waals surface area contributed by atoms with E-state index in [4.69, 9.17) is 10.7 Å². The highest BCUT2D eigenvalue weighted by Crippen LogP contribution is 2.39. The maximum atomic E-state index is 5.94. The second-order valence-electron chi connectivity index (χ2n) is 5.57. The molecule has 0 aromatic carbocycles. The van der Waals surface area contributed by atoms with E-state index < -0.39 is 0 Å². The van der Waals surface area contributed by atoms with E-state index in [2.05, 4.69) is 19.8 Å². The summed E-state index contributed by atoms with van der Waals surface area (Å²) in [7, 11) is 0. The van der Waals surface area contributed by atoms with E-state index in [1.165, 1.54) is 12.8 Å². The van der Waals surface area contributed by atoms with Gasteiger partial charge < -0.3 is 15.5 Å². The van der Waals surface area contributed by atoms with Gasteiger partial charge in [0.1, 0.15) is 17.5 Å². The maximum absolute atomic E-state index is 5.94. The first kappa shape index (κ1) is 12.8. The van der Waals surface area contributed by atoms with Crippen LogP contribution in [0, 0.1) is 0 Å². The smallest absolute Gasteiger partial charge is 0.185 e. The Morgan fingerprint density at radius 2 is 1.86 bits per heavy atom. The molecule has 6 nitrogen and oxygen atoms in total. The van der Waals surface area contributed by atoms with Gasteiger partial charge in [0.25, 0.3) is 0 Å². The molecule has 0 atom stereocenters. The summed E-state index contributed by atoms with van der Waals surface area (Å²) in [6.07, 6.45) is 4.25. The van der Waals surface area contributed by atoms with E-state index in [9.17, 15) is 0 Å².